The summed E-state index contributed by atoms with van der Waals surface area (Å²) in [5.41, 5.74) is 7.48. The molecule has 0 spiro atoms. The van der Waals surface area contributed by atoms with E-state index < -0.39 is 4.92 Å². The predicted molar refractivity (Wildman–Crippen MR) is 88.3 cm³/mol. The van der Waals surface area contributed by atoms with Gasteiger partial charge in [0.05, 0.1) is 17.8 Å². The SMILES string of the molecule is CC.Nc1nc(Cl)c2ncn(Cc3ccc([N+](=O)[O-])cc3)c2n1. The number of nitrogens with zero attached hydrogens (tertiary/aromatic N) is 5. The summed E-state index contributed by atoms with van der Waals surface area (Å²) in [6, 6.07) is 6.25. The van der Waals surface area contributed by atoms with Crippen molar-refractivity contribution in [2.75, 3.05) is 5.73 Å². The molecule has 1 aromatic carbocycles. The lowest BCUT2D eigenvalue weighted by atomic mass is 10.2. The average molecular weight is 335 g/mol. The van der Waals surface area contributed by atoms with Crippen molar-refractivity contribution in [3.8, 4) is 0 Å². The van der Waals surface area contributed by atoms with Gasteiger partial charge in [0.2, 0.25) is 5.95 Å². The molecule has 2 aromatic heterocycles. The molecule has 0 radical (unpaired) electrons. The zero-order valence-corrected chi connectivity index (χ0v) is 13.4. The molecule has 0 unspecified atom stereocenters. The highest BCUT2D eigenvalue weighted by atomic mass is 35.5. The van der Waals surface area contributed by atoms with Crippen LogP contribution in [0.25, 0.3) is 11.2 Å². The Balaban J connectivity index is 0.000000924. The van der Waals surface area contributed by atoms with Crippen molar-refractivity contribution in [2.45, 2.75) is 20.4 Å². The number of benzene rings is 1. The van der Waals surface area contributed by atoms with Gasteiger partial charge in [-0.1, -0.05) is 37.6 Å². The number of nitro groups is 1. The van der Waals surface area contributed by atoms with Crippen LogP contribution in [0.15, 0.2) is 30.6 Å². The third-order valence-corrected chi connectivity index (χ3v) is 3.20. The molecule has 0 atom stereocenters. The van der Waals surface area contributed by atoms with Crippen LogP contribution in [0.5, 0.6) is 0 Å². The van der Waals surface area contributed by atoms with Gasteiger partial charge in [-0.05, 0) is 5.56 Å². The Hall–Kier alpha value is -2.74. The fourth-order valence-corrected chi connectivity index (χ4v) is 2.18. The van der Waals surface area contributed by atoms with E-state index in [1.807, 2.05) is 13.8 Å². The second-order valence-corrected chi connectivity index (χ2v) is 4.70. The first-order valence-electron chi connectivity index (χ1n) is 6.92. The minimum absolute atomic E-state index is 0.0452. The van der Waals surface area contributed by atoms with Crippen molar-refractivity contribution in [3.05, 3.63) is 51.4 Å². The van der Waals surface area contributed by atoms with Crippen LogP contribution in [0.2, 0.25) is 5.15 Å². The summed E-state index contributed by atoms with van der Waals surface area (Å²) in [7, 11) is 0. The highest BCUT2D eigenvalue weighted by Crippen LogP contribution is 2.21. The molecule has 0 saturated heterocycles. The van der Waals surface area contributed by atoms with E-state index in [0.29, 0.717) is 17.7 Å². The number of aromatic nitrogens is 4. The van der Waals surface area contributed by atoms with E-state index in [2.05, 4.69) is 15.0 Å². The number of imidazole rings is 1. The third-order valence-electron chi connectivity index (χ3n) is 2.94. The number of rotatable bonds is 3. The summed E-state index contributed by atoms with van der Waals surface area (Å²) in [5.74, 6) is 0.0675. The summed E-state index contributed by atoms with van der Waals surface area (Å²) in [5, 5.41) is 10.8. The number of nitro benzene ring substituents is 1. The van der Waals surface area contributed by atoms with Crippen molar-refractivity contribution < 1.29 is 4.92 Å². The smallest absolute Gasteiger partial charge is 0.269 e. The highest BCUT2D eigenvalue weighted by molar-refractivity contribution is 6.33. The lowest BCUT2D eigenvalue weighted by Crippen LogP contribution is -2.02. The van der Waals surface area contributed by atoms with Crippen molar-refractivity contribution in [3.63, 3.8) is 0 Å². The lowest BCUT2D eigenvalue weighted by molar-refractivity contribution is -0.384. The number of anilines is 1. The Morgan fingerprint density at radius 1 is 1.26 bits per heavy atom. The van der Waals surface area contributed by atoms with Gasteiger partial charge in [-0.25, -0.2) is 4.98 Å². The van der Waals surface area contributed by atoms with E-state index in [0.717, 1.165) is 5.56 Å². The van der Waals surface area contributed by atoms with E-state index in [4.69, 9.17) is 17.3 Å². The normalized spacial score (nSPS) is 10.2. The number of non-ortho nitro benzene ring substituents is 1. The number of halogens is 1. The predicted octanol–water partition coefficient (Wildman–Crippen LogP) is 3.04. The largest absolute Gasteiger partial charge is 0.368 e. The molecule has 9 heteroatoms. The van der Waals surface area contributed by atoms with Crippen LogP contribution in [0.1, 0.15) is 19.4 Å². The van der Waals surface area contributed by atoms with Crippen LogP contribution in [-0.2, 0) is 6.54 Å². The van der Waals surface area contributed by atoms with Crippen molar-refractivity contribution in [2.24, 2.45) is 0 Å². The monoisotopic (exact) mass is 334 g/mol. The third kappa shape index (κ3) is 3.54. The number of fused-ring (bicyclic) bond motifs is 1. The summed E-state index contributed by atoms with van der Waals surface area (Å²) < 4.78 is 1.75. The summed E-state index contributed by atoms with van der Waals surface area (Å²) in [6.45, 7) is 4.45. The van der Waals surface area contributed by atoms with Gasteiger partial charge in [-0.2, -0.15) is 9.97 Å². The van der Waals surface area contributed by atoms with Crippen LogP contribution >= 0.6 is 11.6 Å². The number of nitrogens with two attached hydrogens (primary N) is 1. The molecule has 3 rings (SSSR count). The first-order chi connectivity index (χ1) is 11.0. The topological polar surface area (TPSA) is 113 Å². The Bertz CT molecular complexity index is 831. The van der Waals surface area contributed by atoms with Crippen molar-refractivity contribution in [1.82, 2.24) is 19.5 Å². The second-order valence-electron chi connectivity index (χ2n) is 4.34. The van der Waals surface area contributed by atoms with Gasteiger partial charge in [0.15, 0.2) is 10.8 Å². The molecule has 120 valence electrons. The van der Waals surface area contributed by atoms with Crippen LogP contribution in [0.4, 0.5) is 11.6 Å². The molecule has 0 aliphatic heterocycles. The molecule has 2 N–H and O–H groups in total. The van der Waals surface area contributed by atoms with Crippen LogP contribution < -0.4 is 5.73 Å². The molecule has 2 heterocycles. The van der Waals surface area contributed by atoms with Crippen molar-refractivity contribution in [1.29, 1.82) is 0 Å². The van der Waals surface area contributed by atoms with Gasteiger partial charge < -0.3 is 10.3 Å². The van der Waals surface area contributed by atoms with Crippen LogP contribution in [-0.4, -0.2) is 24.4 Å². The van der Waals surface area contributed by atoms with Gasteiger partial charge in [0.25, 0.3) is 5.69 Å². The zero-order valence-electron chi connectivity index (χ0n) is 12.6. The molecule has 0 fully saturated rings. The van der Waals surface area contributed by atoms with Gasteiger partial charge in [0.1, 0.15) is 5.52 Å². The first-order valence-corrected chi connectivity index (χ1v) is 7.29. The number of hydrogen-bond donors (Lipinski definition) is 1. The molecule has 3 aromatic rings. The molecule has 0 bridgehead atoms. The van der Waals surface area contributed by atoms with Crippen LogP contribution in [0, 0.1) is 10.1 Å². The Morgan fingerprint density at radius 3 is 2.52 bits per heavy atom. The minimum Gasteiger partial charge on any atom is -0.368 e. The van der Waals surface area contributed by atoms with E-state index in [1.54, 1.807) is 23.0 Å². The summed E-state index contributed by atoms with van der Waals surface area (Å²) in [4.78, 5) is 22.3. The summed E-state index contributed by atoms with van der Waals surface area (Å²) in [6.07, 6.45) is 1.58. The highest BCUT2D eigenvalue weighted by Gasteiger charge is 2.11. The molecule has 0 saturated carbocycles. The molecule has 0 amide bonds. The number of nitrogen functional groups attached to an aromatic ring is 1. The molecular formula is C14H15ClN6O2. The quantitative estimate of drug-likeness (QED) is 0.447. The molecular weight excluding hydrogens is 320 g/mol. The maximum Gasteiger partial charge on any atom is 0.269 e. The standard InChI is InChI=1S/C12H9ClN6O2.C2H6/c13-10-9-11(17-12(14)16-10)18(6-15-9)5-7-1-3-8(4-2-7)19(20)21;1-2/h1-4,6H,5H2,(H2,14,16,17);1-2H3. The maximum atomic E-state index is 10.6. The first kappa shape index (κ1) is 16.6. The molecule has 0 aliphatic carbocycles. The second kappa shape index (κ2) is 7.01. The van der Waals surface area contributed by atoms with Gasteiger partial charge in [-0.3, -0.25) is 10.1 Å². The fourth-order valence-electron chi connectivity index (χ4n) is 1.96. The average Bonchev–Trinajstić information content (AvgIpc) is 2.93. The Labute approximate surface area is 137 Å². The van der Waals surface area contributed by atoms with E-state index in [1.165, 1.54) is 12.1 Å². The molecule has 0 aliphatic rings. The Morgan fingerprint density at radius 2 is 1.91 bits per heavy atom. The van der Waals surface area contributed by atoms with E-state index in [-0.39, 0.29) is 16.8 Å². The van der Waals surface area contributed by atoms with Gasteiger partial charge in [0, 0.05) is 12.1 Å². The Kier molecular flexibility index (Phi) is 5.07. The molecule has 23 heavy (non-hydrogen) atoms. The van der Waals surface area contributed by atoms with Gasteiger partial charge >= 0.3 is 0 Å². The van der Waals surface area contributed by atoms with E-state index >= 15 is 0 Å². The zero-order chi connectivity index (χ0) is 17.0. The van der Waals surface area contributed by atoms with Crippen LogP contribution in [0.3, 0.4) is 0 Å². The lowest BCUT2D eigenvalue weighted by Gasteiger charge is -2.04. The van der Waals surface area contributed by atoms with E-state index in [9.17, 15) is 10.1 Å². The molecule has 8 nitrogen and oxygen atoms in total. The maximum absolute atomic E-state index is 10.6. The minimum atomic E-state index is -0.440. The van der Waals surface area contributed by atoms with Crippen molar-refractivity contribution >= 4 is 34.4 Å². The van der Waals surface area contributed by atoms with Gasteiger partial charge in [-0.15, -0.1) is 0 Å². The summed E-state index contributed by atoms with van der Waals surface area (Å²) >= 11 is 5.95. The number of hydrogen-bond acceptors (Lipinski definition) is 6. The fraction of sp³-hybridized carbons (Fsp3) is 0.214.